The standard InChI is InChI=1S/Cu.H2O4S.Rb/c;1-5(2,3)4;/h;(H2,1,2,3,4);/q+2;;+1/p-2. The Kier molecular flexibility index (Phi) is 14.5. The first kappa shape index (κ1) is 16.1. The predicted octanol–water partition coefficient (Wildman–Crippen LogP) is -4.34. The van der Waals surface area contributed by atoms with E-state index in [-0.39, 0.29) is 75.3 Å². The normalized spacial score (nSPS) is 8.29. The van der Waals surface area contributed by atoms with Gasteiger partial charge in [-0.25, -0.2) is 0 Å². The van der Waals surface area contributed by atoms with Crippen LogP contribution in [0.4, 0.5) is 0 Å². The van der Waals surface area contributed by atoms with E-state index in [1.807, 2.05) is 0 Å². The SMILES string of the molecule is O=S(=O)([O-])[O-].[Cu+2].[Rb+]. The molecule has 0 aliphatic heterocycles. The molecule has 0 N–H and O–H groups in total. The van der Waals surface area contributed by atoms with Crippen LogP contribution in [0.2, 0.25) is 0 Å². The van der Waals surface area contributed by atoms with Crippen LogP contribution < -0.4 is 58.2 Å². The maximum Gasteiger partial charge on any atom is 2.00 e. The summed E-state index contributed by atoms with van der Waals surface area (Å²) in [6.45, 7) is 0. The summed E-state index contributed by atoms with van der Waals surface area (Å²) >= 11 is 0. The van der Waals surface area contributed by atoms with Gasteiger partial charge in [-0.05, 0) is 0 Å². The molecule has 0 bridgehead atoms. The zero-order valence-corrected chi connectivity index (χ0v) is 10.0. The van der Waals surface area contributed by atoms with Crippen molar-refractivity contribution in [3.05, 3.63) is 0 Å². The van der Waals surface area contributed by atoms with E-state index < -0.39 is 10.4 Å². The molecule has 0 rings (SSSR count). The van der Waals surface area contributed by atoms with Gasteiger partial charge >= 0.3 is 75.3 Å². The Morgan fingerprint density at radius 3 is 1.14 bits per heavy atom. The van der Waals surface area contributed by atoms with Crippen molar-refractivity contribution < 1.29 is 92.8 Å². The van der Waals surface area contributed by atoms with Crippen LogP contribution in [0.5, 0.6) is 0 Å². The molecule has 0 aliphatic rings. The molecule has 0 aliphatic carbocycles. The Morgan fingerprint density at radius 1 is 1.14 bits per heavy atom. The molecule has 1 radical (unpaired) electrons. The summed E-state index contributed by atoms with van der Waals surface area (Å²) in [5.74, 6) is 0. The fourth-order valence-corrected chi connectivity index (χ4v) is 0. The molecule has 4 nitrogen and oxygen atoms in total. The van der Waals surface area contributed by atoms with Crippen LogP contribution in [-0.2, 0) is 27.5 Å². The average molecular weight is 245 g/mol. The van der Waals surface area contributed by atoms with Crippen LogP contribution in [0, 0.1) is 0 Å². The Labute approximate surface area is 101 Å². The summed E-state index contributed by atoms with van der Waals surface area (Å²) in [5, 5.41) is 0. The van der Waals surface area contributed by atoms with Crippen molar-refractivity contribution in [1.82, 2.24) is 0 Å². The molecule has 0 spiro atoms. The summed E-state index contributed by atoms with van der Waals surface area (Å²) in [6, 6.07) is 0. The molecule has 7 heavy (non-hydrogen) atoms. The number of hydrogen-bond donors (Lipinski definition) is 0. The summed E-state index contributed by atoms with van der Waals surface area (Å²) in [5.41, 5.74) is 0. The first-order valence-electron chi connectivity index (χ1n) is 0.667. The Morgan fingerprint density at radius 2 is 1.14 bits per heavy atom. The van der Waals surface area contributed by atoms with Gasteiger partial charge in [0.15, 0.2) is 0 Å². The first-order valence-corrected chi connectivity index (χ1v) is 2.00. The molecular formula is CuO4RbS+. The summed E-state index contributed by atoms with van der Waals surface area (Å²) in [4.78, 5) is 0. The van der Waals surface area contributed by atoms with E-state index in [9.17, 15) is 0 Å². The van der Waals surface area contributed by atoms with E-state index in [0.717, 1.165) is 0 Å². The van der Waals surface area contributed by atoms with Gasteiger partial charge in [-0.2, -0.15) is 0 Å². The minimum atomic E-state index is -5.17. The van der Waals surface area contributed by atoms with Gasteiger partial charge in [-0.15, -0.1) is 0 Å². The third-order valence-corrected chi connectivity index (χ3v) is 0. The zero-order valence-electron chi connectivity index (χ0n) is 3.34. The van der Waals surface area contributed by atoms with Crippen LogP contribution in [0.1, 0.15) is 0 Å². The maximum atomic E-state index is 8.52. The van der Waals surface area contributed by atoms with E-state index in [0.29, 0.717) is 0 Å². The Bertz CT molecular complexity index is 94.9. The fourth-order valence-electron chi connectivity index (χ4n) is 0. The van der Waals surface area contributed by atoms with Gasteiger partial charge in [0.25, 0.3) is 0 Å². The minimum Gasteiger partial charge on any atom is -0.759 e. The molecular weight excluding hydrogens is 245 g/mol. The summed E-state index contributed by atoms with van der Waals surface area (Å²) in [6.07, 6.45) is 0. The number of hydrogen-bond acceptors (Lipinski definition) is 4. The van der Waals surface area contributed by atoms with Gasteiger partial charge in [-0.1, -0.05) is 0 Å². The molecule has 0 saturated carbocycles. The molecule has 0 fully saturated rings. The second kappa shape index (κ2) is 6.32. The topological polar surface area (TPSA) is 80.3 Å². The van der Waals surface area contributed by atoms with Crippen molar-refractivity contribution in [2.45, 2.75) is 0 Å². The largest absolute Gasteiger partial charge is 2.00 e. The van der Waals surface area contributed by atoms with E-state index in [1.54, 1.807) is 0 Å². The van der Waals surface area contributed by atoms with Crippen LogP contribution in [0.15, 0.2) is 0 Å². The molecule has 7 heteroatoms. The third kappa shape index (κ3) is 65.3. The van der Waals surface area contributed by atoms with Gasteiger partial charge in [0.2, 0.25) is 0 Å². The third-order valence-electron chi connectivity index (χ3n) is 0. The Hall–Kier alpha value is 2.19. The van der Waals surface area contributed by atoms with E-state index >= 15 is 0 Å². The van der Waals surface area contributed by atoms with Crippen molar-refractivity contribution in [2.75, 3.05) is 0 Å². The molecule has 0 atom stereocenters. The van der Waals surface area contributed by atoms with Gasteiger partial charge in [0.05, 0.1) is 0 Å². The van der Waals surface area contributed by atoms with Gasteiger partial charge in [0, 0.05) is 10.4 Å². The average Bonchev–Trinajstić information content (AvgIpc) is 0.722. The molecule has 0 saturated heterocycles. The van der Waals surface area contributed by atoms with E-state index in [1.165, 1.54) is 0 Å². The van der Waals surface area contributed by atoms with Gasteiger partial charge in [0.1, 0.15) is 0 Å². The van der Waals surface area contributed by atoms with E-state index in [4.69, 9.17) is 17.5 Å². The molecule has 0 heterocycles. The molecule has 0 aromatic heterocycles. The monoisotopic (exact) mass is 244 g/mol. The second-order valence-electron chi connectivity index (χ2n) is 0.408. The molecule has 0 aromatic carbocycles. The summed E-state index contributed by atoms with van der Waals surface area (Å²) in [7, 11) is -5.17. The van der Waals surface area contributed by atoms with Crippen molar-refractivity contribution in [2.24, 2.45) is 0 Å². The molecule has 0 amide bonds. The van der Waals surface area contributed by atoms with Crippen molar-refractivity contribution in [3.8, 4) is 0 Å². The van der Waals surface area contributed by atoms with Crippen LogP contribution in [0.25, 0.3) is 0 Å². The van der Waals surface area contributed by atoms with Gasteiger partial charge in [-0.3, -0.25) is 8.42 Å². The maximum absolute atomic E-state index is 8.52. The van der Waals surface area contributed by atoms with Crippen LogP contribution in [0.3, 0.4) is 0 Å². The summed E-state index contributed by atoms with van der Waals surface area (Å²) < 4.78 is 34.1. The van der Waals surface area contributed by atoms with Crippen molar-refractivity contribution >= 4 is 10.4 Å². The van der Waals surface area contributed by atoms with Gasteiger partial charge < -0.3 is 9.11 Å². The smallest absolute Gasteiger partial charge is 0.759 e. The molecule has 41 valence electrons. The fraction of sp³-hybridized carbons (Fsp3) is 0. The molecule has 0 unspecified atom stereocenters. The van der Waals surface area contributed by atoms with Crippen molar-refractivity contribution in [1.29, 1.82) is 0 Å². The van der Waals surface area contributed by atoms with E-state index in [2.05, 4.69) is 0 Å². The van der Waals surface area contributed by atoms with Crippen LogP contribution >= 0.6 is 0 Å². The number of rotatable bonds is 0. The molecule has 0 aromatic rings. The zero-order chi connectivity index (χ0) is 4.50. The minimum absolute atomic E-state index is 0. The second-order valence-corrected chi connectivity index (χ2v) is 1.22. The van der Waals surface area contributed by atoms with Crippen LogP contribution in [-0.4, -0.2) is 17.5 Å². The predicted molar refractivity (Wildman–Crippen MR) is 10.5 cm³/mol. The quantitative estimate of drug-likeness (QED) is 0.245. The first-order chi connectivity index (χ1) is 2.00. The Balaban J connectivity index is -0.0000000800. The van der Waals surface area contributed by atoms with Crippen molar-refractivity contribution in [3.63, 3.8) is 0 Å².